The summed E-state index contributed by atoms with van der Waals surface area (Å²) in [7, 11) is 0. The third-order valence-corrected chi connectivity index (χ3v) is 11.0. The predicted octanol–water partition coefficient (Wildman–Crippen LogP) is 7.64. The second-order valence-electron chi connectivity index (χ2n) is 13.9. The number of hydrogen-bond acceptors (Lipinski definition) is 6. The Balaban J connectivity index is 1.11. The molecule has 4 saturated heterocycles. The second kappa shape index (κ2) is 11.9. The van der Waals surface area contributed by atoms with Crippen molar-refractivity contribution in [3.8, 4) is 0 Å². The summed E-state index contributed by atoms with van der Waals surface area (Å²) in [6.45, 7) is 3.53. The molecule has 0 unspecified atom stereocenters. The number of aromatic amines is 2. The average molecular weight is 637 g/mol. The van der Waals surface area contributed by atoms with Crippen LogP contribution in [0.1, 0.15) is 105 Å². The molecule has 4 fully saturated rings. The first-order valence-electron chi connectivity index (χ1n) is 17.6. The fraction of sp³-hybridized carbons (Fsp3) is 0.459. The fourth-order valence-electron chi connectivity index (χ4n) is 8.58. The van der Waals surface area contributed by atoms with Crippen LogP contribution in [0.2, 0.25) is 0 Å². The van der Waals surface area contributed by atoms with Gasteiger partial charge < -0.3 is 30.4 Å². The third-order valence-electron chi connectivity index (χ3n) is 11.0. The van der Waals surface area contributed by atoms with E-state index in [0.717, 1.165) is 129 Å². The molecule has 5 aromatic rings. The number of imidazole rings is 2. The van der Waals surface area contributed by atoms with Gasteiger partial charge in [0.1, 0.15) is 23.3 Å². The molecule has 10 heteroatoms. The van der Waals surface area contributed by atoms with Gasteiger partial charge in [0.15, 0.2) is 0 Å². The van der Waals surface area contributed by atoms with E-state index in [1.807, 2.05) is 4.90 Å². The number of rotatable bonds is 6. The minimum atomic E-state index is -0.377. The predicted molar refractivity (Wildman–Crippen MR) is 182 cm³/mol. The van der Waals surface area contributed by atoms with E-state index < -0.39 is 0 Å². The zero-order valence-corrected chi connectivity index (χ0v) is 26.7. The zero-order valence-electron chi connectivity index (χ0n) is 26.7. The number of H-pyrrole nitrogens is 2. The largest absolute Gasteiger partial charge is 0.369 e. The molecular formula is C37H42F2N8. The van der Waals surface area contributed by atoms with Crippen LogP contribution in [0, 0.1) is 11.6 Å². The Kier molecular flexibility index (Phi) is 7.38. The van der Waals surface area contributed by atoms with Gasteiger partial charge in [0, 0.05) is 25.2 Å². The maximum Gasteiger partial charge on any atom is 0.148 e. The van der Waals surface area contributed by atoms with Crippen molar-refractivity contribution in [3.05, 3.63) is 82.9 Å². The molecule has 6 heterocycles. The maximum atomic E-state index is 16.4. The number of piperidine rings is 1. The van der Waals surface area contributed by atoms with Crippen LogP contribution in [0.3, 0.4) is 0 Å². The number of halogens is 2. The second-order valence-corrected chi connectivity index (χ2v) is 13.9. The van der Waals surface area contributed by atoms with Crippen molar-refractivity contribution in [2.75, 3.05) is 36.0 Å². The Morgan fingerprint density at radius 1 is 0.596 bits per heavy atom. The Hall–Kier alpha value is -4.02. The number of nitrogens with one attached hydrogen (secondary N) is 4. The first-order valence-corrected chi connectivity index (χ1v) is 17.6. The van der Waals surface area contributed by atoms with E-state index in [1.54, 1.807) is 0 Å². The van der Waals surface area contributed by atoms with Crippen LogP contribution in [0.5, 0.6) is 0 Å². The first-order chi connectivity index (χ1) is 23.1. The van der Waals surface area contributed by atoms with Crippen molar-refractivity contribution >= 4 is 33.4 Å². The number of fused-ring (bicyclic) bond motifs is 2. The molecule has 244 valence electrons. The topological polar surface area (TPSA) is 87.9 Å². The van der Waals surface area contributed by atoms with E-state index in [2.05, 4.69) is 61.9 Å². The van der Waals surface area contributed by atoms with Crippen LogP contribution in [0.15, 0.2) is 48.5 Å². The third kappa shape index (κ3) is 5.26. The van der Waals surface area contributed by atoms with Crippen molar-refractivity contribution in [1.29, 1.82) is 0 Å². The molecule has 0 aliphatic carbocycles. The van der Waals surface area contributed by atoms with E-state index in [4.69, 9.17) is 9.97 Å². The summed E-state index contributed by atoms with van der Waals surface area (Å²) in [4.78, 5) is 21.0. The highest BCUT2D eigenvalue weighted by Gasteiger charge is 2.38. The molecule has 2 aromatic heterocycles. The van der Waals surface area contributed by atoms with Gasteiger partial charge in [-0.3, -0.25) is 0 Å². The highest BCUT2D eigenvalue weighted by Crippen LogP contribution is 2.49. The molecule has 0 radical (unpaired) electrons. The minimum Gasteiger partial charge on any atom is -0.369 e. The van der Waals surface area contributed by atoms with Crippen molar-refractivity contribution in [1.82, 2.24) is 30.6 Å². The number of anilines is 2. The lowest BCUT2D eigenvalue weighted by Gasteiger charge is -2.35. The maximum absolute atomic E-state index is 16.4. The fourth-order valence-corrected chi connectivity index (χ4v) is 8.58. The average Bonchev–Trinajstić information content (AvgIpc) is 3.94. The molecule has 0 amide bonds. The monoisotopic (exact) mass is 636 g/mol. The number of benzene rings is 3. The van der Waals surface area contributed by atoms with Gasteiger partial charge in [-0.25, -0.2) is 18.7 Å². The van der Waals surface area contributed by atoms with Gasteiger partial charge in [-0.2, -0.15) is 0 Å². The van der Waals surface area contributed by atoms with E-state index in [1.165, 1.54) is 12.1 Å². The summed E-state index contributed by atoms with van der Waals surface area (Å²) in [5.41, 5.74) is 6.66. The van der Waals surface area contributed by atoms with Crippen LogP contribution >= 0.6 is 0 Å². The highest BCUT2D eigenvalue weighted by atomic mass is 19.1. The van der Waals surface area contributed by atoms with Crippen LogP contribution in [0.4, 0.5) is 20.2 Å². The van der Waals surface area contributed by atoms with E-state index in [9.17, 15) is 0 Å². The SMILES string of the molecule is Fc1cc(N2[C@@H](c3ccc4nc([C@@H]5CCCN5)[nH]c4c3)CC[C@H]2c2ccc3nc([C@@H]4CCCN4)[nH]c3c2)c(F)cc1N1CCCCC1. The lowest BCUT2D eigenvalue weighted by atomic mass is 10.0. The zero-order chi connectivity index (χ0) is 31.5. The molecule has 9 rings (SSSR count). The standard InChI is InChI=1S/C37H42F2N8/c38-24-21-35(25(39)20-34(24)46-16-2-1-3-17-46)47-32(22-8-10-26-30(18-22)44-36(42-26)28-6-4-14-40-28)12-13-33(47)23-9-11-27-31(19-23)45-37(43-27)29-7-5-15-41-29/h8-11,18-21,28-29,32-33,40-41H,1-7,12-17H2,(H,42,44)(H,43,45)/t28-,29-,32-,33+/m0/s1. The molecule has 47 heavy (non-hydrogen) atoms. The van der Waals surface area contributed by atoms with E-state index >= 15 is 8.78 Å². The van der Waals surface area contributed by atoms with E-state index in [-0.39, 0.29) is 35.8 Å². The highest BCUT2D eigenvalue weighted by molar-refractivity contribution is 5.78. The Morgan fingerprint density at radius 3 is 1.66 bits per heavy atom. The molecular weight excluding hydrogens is 594 g/mol. The van der Waals surface area contributed by atoms with Crippen LogP contribution in [-0.4, -0.2) is 46.1 Å². The lowest BCUT2D eigenvalue weighted by molar-refractivity contribution is 0.545. The summed E-state index contributed by atoms with van der Waals surface area (Å²) < 4.78 is 32.4. The Labute approximate surface area is 273 Å². The minimum absolute atomic E-state index is 0.133. The van der Waals surface area contributed by atoms with Gasteiger partial charge in [0.25, 0.3) is 0 Å². The van der Waals surface area contributed by atoms with Crippen molar-refractivity contribution in [2.45, 2.75) is 82.0 Å². The molecule has 3 aromatic carbocycles. The summed E-state index contributed by atoms with van der Waals surface area (Å²) in [6, 6.07) is 15.8. The molecule has 4 aliphatic rings. The quantitative estimate of drug-likeness (QED) is 0.153. The van der Waals surface area contributed by atoms with Crippen LogP contribution in [0.25, 0.3) is 22.1 Å². The molecule has 0 saturated carbocycles. The normalized spacial score (nSPS) is 25.1. The molecule has 4 N–H and O–H groups in total. The summed E-state index contributed by atoms with van der Waals surface area (Å²) in [6.07, 6.45) is 9.20. The lowest BCUT2D eigenvalue weighted by Crippen LogP contribution is -2.31. The number of aromatic nitrogens is 4. The molecule has 0 bridgehead atoms. The van der Waals surface area contributed by atoms with Gasteiger partial charge >= 0.3 is 0 Å². The number of hydrogen-bond donors (Lipinski definition) is 4. The molecule has 4 atom stereocenters. The van der Waals surface area contributed by atoms with Gasteiger partial charge in [-0.05, 0) is 106 Å². The molecule has 4 aliphatic heterocycles. The van der Waals surface area contributed by atoms with Gasteiger partial charge in [-0.15, -0.1) is 0 Å². The van der Waals surface area contributed by atoms with E-state index in [0.29, 0.717) is 11.4 Å². The van der Waals surface area contributed by atoms with Crippen molar-refractivity contribution < 1.29 is 8.78 Å². The van der Waals surface area contributed by atoms with Crippen LogP contribution in [-0.2, 0) is 0 Å². The van der Waals surface area contributed by atoms with Crippen molar-refractivity contribution in [2.24, 2.45) is 0 Å². The summed E-state index contributed by atoms with van der Waals surface area (Å²) in [5, 5.41) is 7.06. The first kappa shape index (κ1) is 29.1. The number of nitrogens with zero attached hydrogens (tertiary/aromatic N) is 4. The molecule has 8 nitrogen and oxygen atoms in total. The Morgan fingerprint density at radius 2 is 1.13 bits per heavy atom. The summed E-state index contributed by atoms with van der Waals surface area (Å²) >= 11 is 0. The molecule has 0 spiro atoms. The van der Waals surface area contributed by atoms with Crippen molar-refractivity contribution in [3.63, 3.8) is 0 Å². The Bertz CT molecular complexity index is 1810. The van der Waals surface area contributed by atoms with Gasteiger partial charge in [0.05, 0.1) is 57.6 Å². The van der Waals surface area contributed by atoms with Crippen LogP contribution < -0.4 is 20.4 Å². The smallest absolute Gasteiger partial charge is 0.148 e. The summed E-state index contributed by atoms with van der Waals surface area (Å²) in [5.74, 6) is 1.20. The van der Waals surface area contributed by atoms with Gasteiger partial charge in [-0.1, -0.05) is 12.1 Å². The van der Waals surface area contributed by atoms with Gasteiger partial charge in [0.2, 0.25) is 0 Å².